The molecule has 0 bridgehead atoms. The van der Waals surface area contributed by atoms with Gasteiger partial charge in [-0.25, -0.2) is 9.78 Å². The van der Waals surface area contributed by atoms with Crippen LogP contribution in [0.3, 0.4) is 0 Å². The van der Waals surface area contributed by atoms with Gasteiger partial charge >= 0.3 is 12.2 Å². The number of hydrogen-bond donors (Lipinski definition) is 1. The molecule has 188 valence electrons. The summed E-state index contributed by atoms with van der Waals surface area (Å²) < 4.78 is 40.9. The molecule has 5 aliphatic rings. The molecule has 3 saturated carbocycles. The van der Waals surface area contributed by atoms with E-state index in [2.05, 4.69) is 20.3 Å². The number of urea groups is 1. The first-order valence-corrected chi connectivity index (χ1v) is 12.7. The average molecular weight is 490 g/mol. The predicted molar refractivity (Wildman–Crippen MR) is 118 cm³/mol. The number of rotatable bonds is 4. The van der Waals surface area contributed by atoms with Crippen LogP contribution in [-0.2, 0) is 19.6 Å². The highest BCUT2D eigenvalue weighted by molar-refractivity contribution is 5.77. The molecule has 2 aliphatic heterocycles. The van der Waals surface area contributed by atoms with Gasteiger partial charge < -0.3 is 9.80 Å². The summed E-state index contributed by atoms with van der Waals surface area (Å²) >= 11 is 0. The maximum atomic E-state index is 13.2. The average Bonchev–Trinajstić information content (AvgIpc) is 3.28. The molecule has 3 aliphatic carbocycles. The van der Waals surface area contributed by atoms with Crippen LogP contribution < -0.4 is 0 Å². The predicted octanol–water partition coefficient (Wildman–Crippen LogP) is 3.69. The van der Waals surface area contributed by atoms with Crippen molar-refractivity contribution in [3.63, 3.8) is 0 Å². The molecule has 2 amide bonds. The summed E-state index contributed by atoms with van der Waals surface area (Å²) in [5.74, 6) is 3.21. The molecule has 7 rings (SSSR count). The fourth-order valence-electron chi connectivity index (χ4n) is 7.23. The zero-order chi connectivity index (χ0) is 24.2. The van der Waals surface area contributed by atoms with E-state index in [1.165, 1.54) is 30.8 Å². The zero-order valence-corrected chi connectivity index (χ0v) is 19.8. The first-order valence-electron chi connectivity index (χ1n) is 12.7. The van der Waals surface area contributed by atoms with Crippen LogP contribution in [0.15, 0.2) is 6.20 Å². The highest BCUT2D eigenvalue weighted by atomic mass is 19.4. The van der Waals surface area contributed by atoms with Crippen LogP contribution in [0.25, 0.3) is 0 Å². The molecule has 2 aromatic rings. The number of alkyl halides is 3. The molecule has 0 unspecified atom stereocenters. The summed E-state index contributed by atoms with van der Waals surface area (Å²) in [5.41, 5.74) is -0.123. The van der Waals surface area contributed by atoms with Crippen LogP contribution in [0, 0.1) is 16.7 Å². The van der Waals surface area contributed by atoms with Crippen LogP contribution in [0.5, 0.6) is 0 Å². The van der Waals surface area contributed by atoms with Gasteiger partial charge in [0, 0.05) is 67.7 Å². The van der Waals surface area contributed by atoms with Crippen molar-refractivity contribution < 1.29 is 18.0 Å². The van der Waals surface area contributed by atoms with Gasteiger partial charge in [0.1, 0.15) is 5.82 Å². The van der Waals surface area contributed by atoms with E-state index in [1.807, 2.05) is 9.80 Å². The van der Waals surface area contributed by atoms with Crippen LogP contribution in [0.2, 0.25) is 0 Å². The molecule has 8 nitrogen and oxygen atoms in total. The lowest BCUT2D eigenvalue weighted by molar-refractivity contribution is -0.142. The Bertz CT molecular complexity index is 1150. The fourth-order valence-corrected chi connectivity index (χ4v) is 7.23. The third-order valence-electron chi connectivity index (χ3n) is 8.98. The minimum Gasteiger partial charge on any atom is -0.323 e. The van der Waals surface area contributed by atoms with E-state index in [0.717, 1.165) is 63.5 Å². The monoisotopic (exact) mass is 489 g/mol. The maximum Gasteiger partial charge on any atom is 0.435 e. The molecule has 11 heteroatoms. The van der Waals surface area contributed by atoms with E-state index in [9.17, 15) is 18.0 Å². The molecular weight excluding hydrogens is 459 g/mol. The first kappa shape index (κ1) is 21.7. The van der Waals surface area contributed by atoms with E-state index < -0.39 is 11.9 Å². The van der Waals surface area contributed by atoms with Crippen molar-refractivity contribution in [2.24, 2.45) is 23.8 Å². The standard InChI is InChI=1S/C24H30F3N7O/c1-32-9-16(18(31-32)24(25,26)27)4-14-5-22(6-14)10-33(11-22)21(35)34-12-23(13-34)7-17(8-23)20-28-19(29-30-20)15-2-3-15/h9,14-15,17H,2-8,10-13H2,1H3,(H,28,29,30). The van der Waals surface area contributed by atoms with Crippen LogP contribution in [-0.4, -0.2) is 67.0 Å². The third-order valence-corrected chi connectivity index (χ3v) is 8.98. The second kappa shape index (κ2) is 7.00. The molecule has 4 heterocycles. The number of hydrogen-bond acceptors (Lipinski definition) is 4. The Labute approximate surface area is 201 Å². The number of aryl methyl sites for hydroxylation is 1. The van der Waals surface area contributed by atoms with Crippen molar-refractivity contribution in [3.05, 3.63) is 29.1 Å². The molecule has 0 aromatic carbocycles. The molecule has 1 N–H and O–H groups in total. The topological polar surface area (TPSA) is 82.9 Å². The largest absolute Gasteiger partial charge is 0.435 e. The summed E-state index contributed by atoms with van der Waals surface area (Å²) in [7, 11) is 1.53. The van der Waals surface area contributed by atoms with Crippen LogP contribution in [0.1, 0.15) is 73.3 Å². The Morgan fingerprint density at radius 1 is 1.06 bits per heavy atom. The molecule has 2 spiro atoms. The molecular formula is C24H30F3N7O. The van der Waals surface area contributed by atoms with Crippen molar-refractivity contribution in [3.8, 4) is 0 Å². The normalized spacial score (nSPS) is 25.4. The number of nitrogens with zero attached hydrogens (tertiary/aromatic N) is 6. The van der Waals surface area contributed by atoms with Crippen LogP contribution in [0.4, 0.5) is 18.0 Å². The zero-order valence-electron chi connectivity index (χ0n) is 19.8. The van der Waals surface area contributed by atoms with Crippen molar-refractivity contribution in [2.75, 3.05) is 26.2 Å². The Morgan fingerprint density at radius 3 is 2.29 bits per heavy atom. The Hall–Kier alpha value is -2.59. The van der Waals surface area contributed by atoms with Gasteiger partial charge in [0.25, 0.3) is 0 Å². The summed E-state index contributed by atoms with van der Waals surface area (Å²) in [6.45, 7) is 3.10. The number of H-pyrrole nitrogens is 1. The molecule has 2 aromatic heterocycles. The summed E-state index contributed by atoms with van der Waals surface area (Å²) in [6, 6.07) is 0.121. The molecule has 5 fully saturated rings. The van der Waals surface area contributed by atoms with Gasteiger partial charge in [-0.1, -0.05) is 0 Å². The minimum absolute atomic E-state index is 0.108. The summed E-state index contributed by atoms with van der Waals surface area (Å²) in [4.78, 5) is 21.5. The number of aromatic nitrogens is 5. The van der Waals surface area contributed by atoms with Gasteiger partial charge in [-0.2, -0.15) is 23.4 Å². The van der Waals surface area contributed by atoms with Gasteiger partial charge in [0.05, 0.1) is 0 Å². The minimum atomic E-state index is -4.42. The van der Waals surface area contributed by atoms with Gasteiger partial charge in [-0.3, -0.25) is 9.78 Å². The van der Waals surface area contributed by atoms with E-state index in [4.69, 9.17) is 0 Å². The number of amides is 2. The van der Waals surface area contributed by atoms with Crippen molar-refractivity contribution in [1.82, 2.24) is 34.8 Å². The Balaban J connectivity index is 0.862. The fraction of sp³-hybridized carbons (Fsp3) is 0.750. The summed E-state index contributed by atoms with van der Waals surface area (Å²) in [6.07, 6.45) is 3.77. The first-order chi connectivity index (χ1) is 16.6. The van der Waals surface area contributed by atoms with E-state index in [-0.39, 0.29) is 28.3 Å². The second-order valence-electron chi connectivity index (χ2n) is 12.1. The highest BCUT2D eigenvalue weighted by Gasteiger charge is 2.59. The van der Waals surface area contributed by atoms with E-state index in [0.29, 0.717) is 18.3 Å². The van der Waals surface area contributed by atoms with Crippen molar-refractivity contribution in [1.29, 1.82) is 0 Å². The maximum absolute atomic E-state index is 13.2. The number of aromatic amines is 1. The van der Waals surface area contributed by atoms with Crippen molar-refractivity contribution >= 4 is 6.03 Å². The van der Waals surface area contributed by atoms with Crippen molar-refractivity contribution in [2.45, 2.75) is 63.0 Å². The smallest absolute Gasteiger partial charge is 0.323 e. The summed E-state index contributed by atoms with van der Waals surface area (Å²) in [5, 5.41) is 11.1. The molecule has 0 radical (unpaired) electrons. The SMILES string of the molecule is Cn1cc(CC2CC3(C2)CN(C(=O)N2CC4(CC(c5nc(C6CC6)n[nH]5)C4)C2)C3)c(C(F)(F)F)n1. The van der Waals surface area contributed by atoms with Gasteiger partial charge in [-0.05, 0) is 50.9 Å². The molecule has 0 atom stereocenters. The van der Waals surface area contributed by atoms with Gasteiger partial charge in [-0.15, -0.1) is 0 Å². The molecule has 2 saturated heterocycles. The Morgan fingerprint density at radius 2 is 1.69 bits per heavy atom. The number of nitrogens with one attached hydrogen (secondary N) is 1. The quantitative estimate of drug-likeness (QED) is 0.710. The number of carbonyl (C=O) groups excluding carboxylic acids is 1. The number of halogens is 3. The van der Waals surface area contributed by atoms with Gasteiger partial charge in [0.15, 0.2) is 11.5 Å². The van der Waals surface area contributed by atoms with Gasteiger partial charge in [0.2, 0.25) is 0 Å². The number of carbonyl (C=O) groups is 1. The van der Waals surface area contributed by atoms with Crippen LogP contribution >= 0.6 is 0 Å². The second-order valence-corrected chi connectivity index (χ2v) is 12.1. The number of likely N-dealkylation sites (tertiary alicyclic amines) is 2. The highest BCUT2D eigenvalue weighted by Crippen LogP contribution is 2.57. The lowest BCUT2D eigenvalue weighted by atomic mass is 9.56. The lowest BCUT2D eigenvalue weighted by Gasteiger charge is -2.63. The van der Waals surface area contributed by atoms with E-state index in [1.54, 1.807) is 0 Å². The third kappa shape index (κ3) is 3.56. The van der Waals surface area contributed by atoms with E-state index >= 15 is 0 Å². The lowest BCUT2D eigenvalue weighted by Crippen LogP contribution is -2.71. The Kier molecular flexibility index (Phi) is 4.34. The molecule has 35 heavy (non-hydrogen) atoms.